The number of rotatable bonds is 3. The number of esters is 1. The van der Waals surface area contributed by atoms with Crippen LogP contribution in [0.25, 0.3) is 0 Å². The standard InChI is InChI=1S/C11H12F3NO2.ClH/c1-17-10(16)8-5-3-2-4-7(8)9(15)6-11(12,13)14;/h2-5,9H,6,15H2,1H3;1H/t9-;/m0./s1. The minimum absolute atomic E-state index is 0. The van der Waals surface area contributed by atoms with Crippen LogP contribution < -0.4 is 5.73 Å². The SMILES string of the molecule is COC(=O)c1ccccc1[C@@H](N)CC(F)(F)F.Cl. The summed E-state index contributed by atoms with van der Waals surface area (Å²) in [5.74, 6) is -0.696. The van der Waals surface area contributed by atoms with Crippen LogP contribution in [0.3, 0.4) is 0 Å². The predicted octanol–water partition coefficient (Wildman–Crippen LogP) is 2.85. The average molecular weight is 284 g/mol. The maximum atomic E-state index is 12.2. The van der Waals surface area contributed by atoms with Crippen molar-refractivity contribution in [2.45, 2.75) is 18.6 Å². The number of nitrogens with two attached hydrogens (primary N) is 1. The monoisotopic (exact) mass is 283 g/mol. The number of carbonyl (C=O) groups excluding carboxylic acids is 1. The van der Waals surface area contributed by atoms with Gasteiger partial charge in [0, 0.05) is 6.04 Å². The van der Waals surface area contributed by atoms with Gasteiger partial charge in [-0.1, -0.05) is 18.2 Å². The number of benzene rings is 1. The van der Waals surface area contributed by atoms with Crippen molar-refractivity contribution in [2.75, 3.05) is 7.11 Å². The highest BCUT2D eigenvalue weighted by Gasteiger charge is 2.32. The summed E-state index contributed by atoms with van der Waals surface area (Å²) in [7, 11) is 1.16. The minimum Gasteiger partial charge on any atom is -0.465 e. The van der Waals surface area contributed by atoms with Gasteiger partial charge in [0.15, 0.2) is 0 Å². The molecule has 0 aliphatic carbocycles. The van der Waals surface area contributed by atoms with E-state index in [-0.39, 0.29) is 23.5 Å². The molecule has 0 saturated carbocycles. The van der Waals surface area contributed by atoms with Crippen LogP contribution in [0.15, 0.2) is 24.3 Å². The molecule has 0 bridgehead atoms. The molecule has 102 valence electrons. The molecule has 1 aromatic carbocycles. The third-order valence-corrected chi connectivity index (χ3v) is 2.22. The number of hydrogen-bond donors (Lipinski definition) is 1. The van der Waals surface area contributed by atoms with Crippen molar-refractivity contribution in [3.63, 3.8) is 0 Å². The molecule has 3 nitrogen and oxygen atoms in total. The summed E-state index contributed by atoms with van der Waals surface area (Å²) >= 11 is 0. The van der Waals surface area contributed by atoms with Crippen LogP contribution >= 0.6 is 12.4 Å². The van der Waals surface area contributed by atoms with Gasteiger partial charge in [-0.05, 0) is 11.6 Å². The van der Waals surface area contributed by atoms with Gasteiger partial charge in [0.1, 0.15) is 0 Å². The molecule has 7 heteroatoms. The molecule has 0 spiro atoms. The van der Waals surface area contributed by atoms with Gasteiger partial charge in [-0.2, -0.15) is 13.2 Å². The van der Waals surface area contributed by atoms with Gasteiger partial charge in [-0.15, -0.1) is 12.4 Å². The smallest absolute Gasteiger partial charge is 0.390 e. The van der Waals surface area contributed by atoms with E-state index in [1.807, 2.05) is 0 Å². The summed E-state index contributed by atoms with van der Waals surface area (Å²) in [6, 6.07) is 4.57. The van der Waals surface area contributed by atoms with Crippen LogP contribution in [-0.4, -0.2) is 19.3 Å². The van der Waals surface area contributed by atoms with E-state index >= 15 is 0 Å². The fraction of sp³-hybridized carbons (Fsp3) is 0.364. The maximum Gasteiger partial charge on any atom is 0.390 e. The highest BCUT2D eigenvalue weighted by Crippen LogP contribution is 2.29. The van der Waals surface area contributed by atoms with Gasteiger partial charge in [0.25, 0.3) is 0 Å². The van der Waals surface area contributed by atoms with Crippen LogP contribution in [0, 0.1) is 0 Å². The molecule has 1 atom stereocenters. The first-order valence-corrected chi connectivity index (χ1v) is 4.84. The van der Waals surface area contributed by atoms with Crippen molar-refractivity contribution < 1.29 is 22.7 Å². The Bertz CT molecular complexity index is 410. The second kappa shape index (κ2) is 6.61. The Hall–Kier alpha value is -1.27. The zero-order valence-corrected chi connectivity index (χ0v) is 10.3. The number of halogens is 4. The summed E-state index contributed by atoms with van der Waals surface area (Å²) < 4.78 is 41.1. The number of methoxy groups -OCH3 is 1. The Morgan fingerprint density at radius 2 is 1.94 bits per heavy atom. The van der Waals surface area contributed by atoms with E-state index in [1.165, 1.54) is 24.3 Å². The Morgan fingerprint density at radius 1 is 1.39 bits per heavy atom. The molecule has 18 heavy (non-hydrogen) atoms. The van der Waals surface area contributed by atoms with Crippen molar-refractivity contribution in [2.24, 2.45) is 5.73 Å². The largest absolute Gasteiger partial charge is 0.465 e. The van der Waals surface area contributed by atoms with E-state index in [9.17, 15) is 18.0 Å². The molecule has 0 saturated heterocycles. The highest BCUT2D eigenvalue weighted by molar-refractivity contribution is 5.91. The first kappa shape index (κ1) is 16.7. The molecule has 0 radical (unpaired) electrons. The zero-order chi connectivity index (χ0) is 13.1. The molecule has 0 aliphatic rings. The highest BCUT2D eigenvalue weighted by atomic mass is 35.5. The van der Waals surface area contributed by atoms with Crippen molar-refractivity contribution in [3.05, 3.63) is 35.4 Å². The molecule has 1 aromatic rings. The molecule has 0 aromatic heterocycles. The Balaban J connectivity index is 0.00000289. The molecule has 0 heterocycles. The van der Waals surface area contributed by atoms with Crippen LogP contribution in [0.2, 0.25) is 0 Å². The van der Waals surface area contributed by atoms with E-state index in [1.54, 1.807) is 0 Å². The molecule has 2 N–H and O–H groups in total. The van der Waals surface area contributed by atoms with Crippen LogP contribution in [0.4, 0.5) is 13.2 Å². The van der Waals surface area contributed by atoms with Crippen molar-refractivity contribution >= 4 is 18.4 Å². The minimum atomic E-state index is -4.37. The molecular weight excluding hydrogens is 271 g/mol. The van der Waals surface area contributed by atoms with Crippen molar-refractivity contribution in [1.82, 2.24) is 0 Å². The maximum absolute atomic E-state index is 12.2. The molecular formula is C11H13ClF3NO2. The van der Waals surface area contributed by atoms with E-state index in [4.69, 9.17) is 5.73 Å². The molecule has 0 amide bonds. The zero-order valence-electron chi connectivity index (χ0n) is 9.53. The Kier molecular flexibility index (Phi) is 6.14. The van der Waals surface area contributed by atoms with Gasteiger partial charge in [0.2, 0.25) is 0 Å². The summed E-state index contributed by atoms with van der Waals surface area (Å²) in [5, 5.41) is 0. The number of ether oxygens (including phenoxy) is 1. The number of hydrogen-bond acceptors (Lipinski definition) is 3. The van der Waals surface area contributed by atoms with Gasteiger partial charge in [-0.25, -0.2) is 4.79 Å². The first-order chi connectivity index (χ1) is 7.85. The molecule has 0 fully saturated rings. The van der Waals surface area contributed by atoms with Crippen molar-refractivity contribution in [3.8, 4) is 0 Å². The second-order valence-corrected chi connectivity index (χ2v) is 3.50. The Morgan fingerprint density at radius 3 is 2.44 bits per heavy atom. The van der Waals surface area contributed by atoms with E-state index in [2.05, 4.69) is 4.74 Å². The fourth-order valence-corrected chi connectivity index (χ4v) is 1.48. The third kappa shape index (κ3) is 4.54. The lowest BCUT2D eigenvalue weighted by Crippen LogP contribution is -2.22. The summed E-state index contributed by atoms with van der Waals surface area (Å²) in [4.78, 5) is 11.3. The van der Waals surface area contributed by atoms with Gasteiger partial charge in [0.05, 0.1) is 19.1 Å². The molecule has 0 unspecified atom stereocenters. The fourth-order valence-electron chi connectivity index (χ4n) is 1.48. The topological polar surface area (TPSA) is 52.3 Å². The van der Waals surface area contributed by atoms with Gasteiger partial charge >= 0.3 is 12.1 Å². The van der Waals surface area contributed by atoms with Crippen LogP contribution in [0.1, 0.15) is 28.4 Å². The molecule has 1 rings (SSSR count). The normalized spacial score (nSPS) is 12.5. The van der Waals surface area contributed by atoms with E-state index in [0.29, 0.717) is 0 Å². The summed E-state index contributed by atoms with van der Waals surface area (Å²) in [5.41, 5.74) is 5.64. The van der Waals surface area contributed by atoms with E-state index < -0.39 is 24.6 Å². The summed E-state index contributed by atoms with van der Waals surface area (Å²) in [6.07, 6.45) is -5.55. The van der Waals surface area contributed by atoms with E-state index in [0.717, 1.165) is 7.11 Å². The summed E-state index contributed by atoms with van der Waals surface area (Å²) in [6.45, 7) is 0. The molecule has 0 aliphatic heterocycles. The van der Waals surface area contributed by atoms with Crippen LogP contribution in [-0.2, 0) is 4.74 Å². The predicted molar refractivity (Wildman–Crippen MR) is 62.6 cm³/mol. The van der Waals surface area contributed by atoms with Gasteiger partial charge in [-0.3, -0.25) is 0 Å². The number of carbonyl (C=O) groups is 1. The number of alkyl halides is 3. The quantitative estimate of drug-likeness (QED) is 0.868. The first-order valence-electron chi connectivity index (χ1n) is 4.84. The lowest BCUT2D eigenvalue weighted by molar-refractivity contribution is -0.138. The lowest BCUT2D eigenvalue weighted by Gasteiger charge is -2.16. The third-order valence-electron chi connectivity index (χ3n) is 2.22. The lowest BCUT2D eigenvalue weighted by atomic mass is 9.98. The van der Waals surface area contributed by atoms with Crippen LogP contribution in [0.5, 0.6) is 0 Å². The Labute approximate surface area is 109 Å². The second-order valence-electron chi connectivity index (χ2n) is 3.50. The van der Waals surface area contributed by atoms with Crippen molar-refractivity contribution in [1.29, 1.82) is 0 Å². The van der Waals surface area contributed by atoms with Gasteiger partial charge < -0.3 is 10.5 Å². The average Bonchev–Trinajstić information content (AvgIpc) is 2.25.